The average molecular weight is 243 g/mol. The SMILES string of the molecule is C=Cn1nnc(NC(=O)c2ccc(CC)cc2)n1. The van der Waals surface area contributed by atoms with E-state index in [2.05, 4.69) is 34.2 Å². The van der Waals surface area contributed by atoms with Gasteiger partial charge in [0, 0.05) is 11.8 Å². The van der Waals surface area contributed by atoms with E-state index in [0.29, 0.717) is 5.56 Å². The first-order chi connectivity index (χ1) is 8.72. The first kappa shape index (κ1) is 12.0. The zero-order chi connectivity index (χ0) is 13.0. The first-order valence-corrected chi connectivity index (χ1v) is 5.55. The number of amides is 1. The van der Waals surface area contributed by atoms with Crippen molar-refractivity contribution in [2.45, 2.75) is 13.3 Å². The summed E-state index contributed by atoms with van der Waals surface area (Å²) in [7, 11) is 0. The summed E-state index contributed by atoms with van der Waals surface area (Å²) in [5.41, 5.74) is 1.74. The number of hydrogen-bond donors (Lipinski definition) is 1. The summed E-state index contributed by atoms with van der Waals surface area (Å²) in [6, 6.07) is 7.38. The molecule has 0 bridgehead atoms. The molecule has 0 aliphatic rings. The minimum absolute atomic E-state index is 0.152. The Bertz CT molecular complexity index is 558. The van der Waals surface area contributed by atoms with Crippen molar-refractivity contribution in [2.24, 2.45) is 0 Å². The fourth-order valence-electron chi connectivity index (χ4n) is 1.42. The molecule has 6 heteroatoms. The first-order valence-electron chi connectivity index (χ1n) is 5.55. The third kappa shape index (κ3) is 2.60. The summed E-state index contributed by atoms with van der Waals surface area (Å²) in [6.07, 6.45) is 2.33. The van der Waals surface area contributed by atoms with Crippen LogP contribution < -0.4 is 5.32 Å². The van der Waals surface area contributed by atoms with E-state index in [-0.39, 0.29) is 11.9 Å². The highest BCUT2D eigenvalue weighted by atomic mass is 16.1. The van der Waals surface area contributed by atoms with Gasteiger partial charge in [-0.2, -0.15) is 0 Å². The average Bonchev–Trinajstić information content (AvgIpc) is 2.86. The number of carbonyl (C=O) groups excluding carboxylic acids is 1. The molecule has 1 amide bonds. The van der Waals surface area contributed by atoms with E-state index in [4.69, 9.17) is 0 Å². The van der Waals surface area contributed by atoms with Gasteiger partial charge in [0.15, 0.2) is 0 Å². The van der Waals surface area contributed by atoms with Gasteiger partial charge < -0.3 is 0 Å². The van der Waals surface area contributed by atoms with Gasteiger partial charge in [-0.3, -0.25) is 10.1 Å². The lowest BCUT2D eigenvalue weighted by Gasteiger charge is -2.01. The van der Waals surface area contributed by atoms with Crippen LogP contribution in [0, 0.1) is 0 Å². The van der Waals surface area contributed by atoms with Crippen LogP contribution in [0.15, 0.2) is 30.8 Å². The van der Waals surface area contributed by atoms with Crippen LogP contribution >= 0.6 is 0 Å². The van der Waals surface area contributed by atoms with Gasteiger partial charge in [-0.25, -0.2) is 0 Å². The highest BCUT2D eigenvalue weighted by molar-refractivity contribution is 6.03. The minimum Gasteiger partial charge on any atom is -0.288 e. The Morgan fingerprint density at radius 1 is 1.44 bits per heavy atom. The molecular formula is C12H13N5O. The van der Waals surface area contributed by atoms with Crippen molar-refractivity contribution in [3.63, 3.8) is 0 Å². The van der Waals surface area contributed by atoms with Gasteiger partial charge >= 0.3 is 0 Å². The molecule has 0 saturated heterocycles. The highest BCUT2D eigenvalue weighted by Crippen LogP contribution is 2.07. The molecule has 1 aromatic carbocycles. The van der Waals surface area contributed by atoms with Crippen molar-refractivity contribution < 1.29 is 4.79 Å². The molecule has 0 saturated carbocycles. The van der Waals surface area contributed by atoms with Crippen molar-refractivity contribution >= 4 is 18.1 Å². The predicted molar refractivity (Wildman–Crippen MR) is 68.0 cm³/mol. The zero-order valence-electron chi connectivity index (χ0n) is 10.00. The summed E-state index contributed by atoms with van der Waals surface area (Å²) >= 11 is 0. The van der Waals surface area contributed by atoms with Gasteiger partial charge in [-0.1, -0.05) is 30.7 Å². The quantitative estimate of drug-likeness (QED) is 0.885. The molecule has 6 nitrogen and oxygen atoms in total. The number of tetrazole rings is 1. The number of aryl methyl sites for hydroxylation is 1. The second-order valence-electron chi connectivity index (χ2n) is 3.62. The van der Waals surface area contributed by atoms with Crippen molar-refractivity contribution in [2.75, 3.05) is 5.32 Å². The molecule has 0 unspecified atom stereocenters. The maximum Gasteiger partial charge on any atom is 0.270 e. The van der Waals surface area contributed by atoms with E-state index in [1.165, 1.54) is 16.6 Å². The number of carbonyl (C=O) groups is 1. The molecule has 0 aliphatic heterocycles. The molecule has 0 spiro atoms. The topological polar surface area (TPSA) is 72.7 Å². The third-order valence-corrected chi connectivity index (χ3v) is 2.44. The largest absolute Gasteiger partial charge is 0.288 e. The van der Waals surface area contributed by atoms with Crippen LogP contribution in [0.1, 0.15) is 22.8 Å². The molecular weight excluding hydrogens is 230 g/mol. The number of anilines is 1. The summed E-state index contributed by atoms with van der Waals surface area (Å²) in [5, 5.41) is 13.7. The van der Waals surface area contributed by atoms with Gasteiger partial charge in [0.1, 0.15) is 0 Å². The lowest BCUT2D eigenvalue weighted by molar-refractivity contribution is 0.102. The predicted octanol–water partition coefficient (Wildman–Crippen LogP) is 1.59. The number of benzene rings is 1. The second kappa shape index (κ2) is 5.22. The molecule has 0 radical (unpaired) electrons. The lowest BCUT2D eigenvalue weighted by Crippen LogP contribution is -2.13. The van der Waals surface area contributed by atoms with Crippen LogP contribution in [0.5, 0.6) is 0 Å². The molecule has 1 N–H and O–H groups in total. The molecule has 0 atom stereocenters. The number of nitrogens with zero attached hydrogens (tertiary/aromatic N) is 4. The van der Waals surface area contributed by atoms with Crippen LogP contribution in [0.25, 0.3) is 6.20 Å². The Hall–Kier alpha value is -2.50. The van der Waals surface area contributed by atoms with Crippen molar-refractivity contribution in [3.8, 4) is 0 Å². The summed E-state index contributed by atoms with van der Waals surface area (Å²) < 4.78 is 0. The standard InChI is InChI=1S/C12H13N5O/c1-3-9-5-7-10(8-6-9)11(18)13-12-14-16-17(4-2)15-12/h4-8H,2-3H2,1H3,(H,13,15,18). The van der Waals surface area contributed by atoms with Crippen molar-refractivity contribution in [3.05, 3.63) is 42.0 Å². The Morgan fingerprint density at radius 3 is 2.72 bits per heavy atom. The fraction of sp³-hybridized carbons (Fsp3) is 0.167. The van der Waals surface area contributed by atoms with E-state index in [0.717, 1.165) is 6.42 Å². The van der Waals surface area contributed by atoms with Gasteiger partial charge in [0.2, 0.25) is 0 Å². The molecule has 0 aliphatic carbocycles. The normalized spacial score (nSPS) is 10.1. The number of hydrogen-bond acceptors (Lipinski definition) is 4. The van der Waals surface area contributed by atoms with E-state index < -0.39 is 0 Å². The Kier molecular flexibility index (Phi) is 3.47. The summed E-state index contributed by atoms with van der Waals surface area (Å²) in [4.78, 5) is 13.0. The minimum atomic E-state index is -0.263. The maximum absolute atomic E-state index is 11.9. The highest BCUT2D eigenvalue weighted by Gasteiger charge is 2.09. The molecule has 1 heterocycles. The Labute approximate surface area is 104 Å². The molecule has 2 aromatic rings. The van der Waals surface area contributed by atoms with E-state index in [1.807, 2.05) is 12.1 Å². The van der Waals surface area contributed by atoms with Gasteiger partial charge in [0.25, 0.3) is 11.9 Å². The van der Waals surface area contributed by atoms with E-state index >= 15 is 0 Å². The molecule has 18 heavy (non-hydrogen) atoms. The van der Waals surface area contributed by atoms with Crippen molar-refractivity contribution in [1.29, 1.82) is 0 Å². The lowest BCUT2D eigenvalue weighted by atomic mass is 10.1. The fourth-order valence-corrected chi connectivity index (χ4v) is 1.42. The molecule has 1 aromatic heterocycles. The molecule has 2 rings (SSSR count). The van der Waals surface area contributed by atoms with Crippen LogP contribution in [0.3, 0.4) is 0 Å². The van der Waals surface area contributed by atoms with Gasteiger partial charge in [-0.15, -0.1) is 9.90 Å². The number of aromatic nitrogens is 4. The Morgan fingerprint density at radius 2 is 2.17 bits per heavy atom. The van der Waals surface area contributed by atoms with Gasteiger partial charge in [-0.05, 0) is 29.3 Å². The van der Waals surface area contributed by atoms with Crippen LogP contribution in [0.4, 0.5) is 5.95 Å². The van der Waals surface area contributed by atoms with E-state index in [9.17, 15) is 4.79 Å². The zero-order valence-corrected chi connectivity index (χ0v) is 10.00. The van der Waals surface area contributed by atoms with Gasteiger partial charge in [0.05, 0.1) is 0 Å². The van der Waals surface area contributed by atoms with Crippen LogP contribution in [-0.4, -0.2) is 26.1 Å². The smallest absolute Gasteiger partial charge is 0.270 e. The third-order valence-electron chi connectivity index (χ3n) is 2.44. The van der Waals surface area contributed by atoms with Crippen LogP contribution in [-0.2, 0) is 6.42 Å². The number of rotatable bonds is 4. The molecule has 0 fully saturated rings. The summed E-state index contributed by atoms with van der Waals surface area (Å²) in [5.74, 6) is -0.110. The monoisotopic (exact) mass is 243 g/mol. The van der Waals surface area contributed by atoms with E-state index in [1.54, 1.807) is 12.1 Å². The maximum atomic E-state index is 11.9. The Balaban J connectivity index is 2.08. The second-order valence-corrected chi connectivity index (χ2v) is 3.62. The van der Waals surface area contributed by atoms with Crippen molar-refractivity contribution in [1.82, 2.24) is 20.2 Å². The van der Waals surface area contributed by atoms with Crippen LogP contribution in [0.2, 0.25) is 0 Å². The molecule has 92 valence electrons. The number of nitrogens with one attached hydrogen (secondary N) is 1. The summed E-state index contributed by atoms with van der Waals surface area (Å²) in [6.45, 7) is 5.55.